The van der Waals surface area contributed by atoms with E-state index in [1.54, 1.807) is 43.3 Å². The molecule has 0 amide bonds. The van der Waals surface area contributed by atoms with Gasteiger partial charge in [-0.3, -0.25) is 4.79 Å². The fourth-order valence-corrected chi connectivity index (χ4v) is 9.21. The number of carboxylic acid groups (broad SMARTS) is 1. The predicted molar refractivity (Wildman–Crippen MR) is 338 cm³/mol. The number of carbonyl (C=O) groups is 1. The smallest absolute Gasteiger partial charge is 0.307 e. The van der Waals surface area contributed by atoms with Gasteiger partial charge in [0.2, 0.25) is 0 Å². The number of aliphatic carboxylic acids is 1. The first-order valence-electron chi connectivity index (χ1n) is 24.6. The monoisotopic (exact) mass is 1310 g/mol. The Hall–Kier alpha value is -6.67. The zero-order valence-corrected chi connectivity index (χ0v) is 51.7. The lowest BCUT2D eigenvalue weighted by atomic mass is 10.0. The van der Waals surface area contributed by atoms with Gasteiger partial charge < -0.3 is 23.9 Å². The van der Waals surface area contributed by atoms with Gasteiger partial charge in [-0.2, -0.15) is 12.6 Å². The Morgan fingerprint density at radius 1 is 0.564 bits per heavy atom. The maximum Gasteiger partial charge on any atom is 0.307 e. The molecule has 0 unspecified atom stereocenters. The number of hydrogen-bond acceptors (Lipinski definition) is 6. The van der Waals surface area contributed by atoms with Gasteiger partial charge in [-0.1, -0.05) is 124 Å². The highest BCUT2D eigenvalue weighted by atomic mass is 79.9. The average molecular weight is 1320 g/mol. The molecular weight excluding hydrogens is 1250 g/mol. The number of halogens is 4. The van der Waals surface area contributed by atoms with Gasteiger partial charge in [-0.05, 0) is 175 Å². The molecule has 0 aliphatic carbocycles. The number of aliphatic hydroxyl groups excluding tert-OH is 1. The summed E-state index contributed by atoms with van der Waals surface area (Å²) in [6.45, 7) is 13.0. The van der Waals surface area contributed by atoms with Crippen molar-refractivity contribution in [1.82, 2.24) is 28.7 Å². The van der Waals surface area contributed by atoms with Crippen LogP contribution in [0.2, 0.25) is 0 Å². The summed E-state index contributed by atoms with van der Waals surface area (Å²) in [4.78, 5) is 22.8. The molecule has 9 nitrogen and oxygen atoms in total. The van der Waals surface area contributed by atoms with Crippen LogP contribution in [-0.2, 0) is 42.8 Å². The SMILES string of the molecule is C#Cc1ccc(Cn2ccnc2)c(C)c1.CS.Cc1cc(Br)ccc1CBr.Cc1cc(Br)ccc1CO.Cc1cc(Br)ccc1Cn1ccnc1.Cc1cc(C#Cc2ccc(CC(=O)O)cc2)ccc1Cn1ccnc1.[3H]C#C. The number of alkyl halides is 1. The molecule has 2 N–H and O–H groups in total. The van der Waals surface area contributed by atoms with Gasteiger partial charge in [0, 0.05) is 92.3 Å². The van der Waals surface area contributed by atoms with Crippen LogP contribution in [0.3, 0.4) is 0 Å². The number of thiol groups is 1. The largest absolute Gasteiger partial charge is 0.481 e. The van der Waals surface area contributed by atoms with Crippen LogP contribution in [0.4, 0.5) is 0 Å². The highest BCUT2D eigenvalue weighted by molar-refractivity contribution is 9.11. The molecule has 0 aliphatic rings. The average Bonchev–Trinajstić information content (AvgIpc) is 4.27. The van der Waals surface area contributed by atoms with Crippen LogP contribution in [0, 0.1) is 71.6 Å². The van der Waals surface area contributed by atoms with Crippen LogP contribution in [0.1, 0.15) is 79.3 Å². The lowest BCUT2D eigenvalue weighted by Crippen LogP contribution is -1.99. The zero-order valence-electron chi connectivity index (χ0n) is 45.5. The highest BCUT2D eigenvalue weighted by Crippen LogP contribution is 2.20. The summed E-state index contributed by atoms with van der Waals surface area (Å²) >= 11 is 17.2. The van der Waals surface area contributed by atoms with Crippen molar-refractivity contribution in [3.8, 4) is 37.0 Å². The molecule has 6 aromatic carbocycles. The maximum atomic E-state index is 10.7. The molecule has 14 heteroatoms. The zero-order chi connectivity index (χ0) is 58.1. The molecule has 0 bridgehead atoms. The molecule has 402 valence electrons. The summed E-state index contributed by atoms with van der Waals surface area (Å²) in [5, 5.41) is 18.5. The van der Waals surface area contributed by atoms with Gasteiger partial charge in [0.1, 0.15) is 1.37 Å². The fraction of sp³-hybridized carbons (Fsp3) is 0.188. The first-order valence-corrected chi connectivity index (χ1v) is 28.5. The van der Waals surface area contributed by atoms with E-state index in [9.17, 15) is 4.79 Å². The van der Waals surface area contributed by atoms with Gasteiger partial charge >= 0.3 is 5.97 Å². The van der Waals surface area contributed by atoms with E-state index in [1.165, 1.54) is 50.9 Å². The third-order valence-electron chi connectivity index (χ3n) is 11.5. The third kappa shape index (κ3) is 23.9. The Morgan fingerprint density at radius 3 is 1.26 bits per heavy atom. The number of nitrogens with zero attached hydrogens (tertiary/aromatic N) is 6. The lowest BCUT2D eigenvalue weighted by Gasteiger charge is -2.07. The van der Waals surface area contributed by atoms with Gasteiger partial charge in [-0.25, -0.2) is 15.0 Å². The number of rotatable bonds is 10. The van der Waals surface area contributed by atoms with Crippen molar-refractivity contribution >= 4 is 82.3 Å². The molecule has 78 heavy (non-hydrogen) atoms. The number of terminal acetylenes is 2. The second kappa shape index (κ2) is 36.4. The number of carboxylic acids is 1. The number of imidazole rings is 3. The molecule has 0 spiro atoms. The van der Waals surface area contributed by atoms with Gasteiger partial charge in [-0.15, -0.1) is 19.2 Å². The number of aliphatic hydroxyl groups is 1. The lowest BCUT2D eigenvalue weighted by molar-refractivity contribution is -0.136. The molecule has 3 heterocycles. The van der Waals surface area contributed by atoms with E-state index in [-0.39, 0.29) is 13.0 Å². The van der Waals surface area contributed by atoms with Gasteiger partial charge in [0.15, 0.2) is 0 Å². The van der Waals surface area contributed by atoms with E-state index < -0.39 is 5.97 Å². The fourth-order valence-electron chi connectivity index (χ4n) is 7.15. The summed E-state index contributed by atoms with van der Waals surface area (Å²) in [7, 11) is 0. The highest BCUT2D eigenvalue weighted by Gasteiger charge is 2.04. The maximum absolute atomic E-state index is 10.7. The van der Waals surface area contributed by atoms with Crippen molar-refractivity contribution in [3.63, 3.8) is 0 Å². The van der Waals surface area contributed by atoms with Crippen LogP contribution in [0.15, 0.2) is 185 Å². The standard InChI is InChI=1S/C21H18N2O2.C13H12N2.C11H11BrN2.C8H8Br2.C8H9BrO.C2H2.CH4S/c1-16-12-18(8-9-20(16)14-23-11-10-22-15-23)5-2-17-3-6-19(7-4-17)13-21(24)25;1-3-12-4-5-13(11(2)8-12)9-15-7-6-14-10-15;1-9-6-11(12)3-2-10(9)7-14-5-4-13-8-14;1-6-4-8(10)3-2-7(6)5-9;1-6-4-8(9)3-2-7(6)5-10;2*1-2/h3-4,6-12,15H,13-14H2,1H3,(H,24,25);1,4-8,10H,9H2,2H3;2-6,8H,7H2,1H3;2-4H,5H2,1H3;2-4,10H,5H2,1H3;1-2H;2H,1H3/i;;;;;1T;. The van der Waals surface area contributed by atoms with Crippen LogP contribution in [-0.4, -0.2) is 51.1 Å². The van der Waals surface area contributed by atoms with E-state index in [4.69, 9.17) is 18.0 Å². The molecular formula is C64H64Br4N6O3S. The summed E-state index contributed by atoms with van der Waals surface area (Å²) in [5.74, 6) is 8.09. The summed E-state index contributed by atoms with van der Waals surface area (Å²) < 4.78 is 15.2. The van der Waals surface area contributed by atoms with Gasteiger partial charge in [0.25, 0.3) is 0 Å². The van der Waals surface area contributed by atoms with Crippen molar-refractivity contribution in [3.05, 3.63) is 263 Å². The first-order chi connectivity index (χ1) is 38.0. The Labute approximate surface area is 502 Å². The number of aryl methyl sites for hydroxylation is 5. The van der Waals surface area contributed by atoms with Crippen LogP contribution in [0.5, 0.6) is 0 Å². The molecule has 9 aromatic rings. The summed E-state index contributed by atoms with van der Waals surface area (Å²) in [6.07, 6.45) is 29.5. The van der Waals surface area contributed by atoms with Crippen LogP contribution < -0.4 is 0 Å². The molecule has 0 saturated carbocycles. The van der Waals surface area contributed by atoms with Crippen molar-refractivity contribution in [1.29, 1.82) is 0 Å². The van der Waals surface area contributed by atoms with E-state index in [0.29, 0.717) is 0 Å². The molecule has 0 radical (unpaired) electrons. The Bertz CT molecular complexity index is 3350. The summed E-state index contributed by atoms with van der Waals surface area (Å²) in [5.41, 5.74) is 15.9. The predicted octanol–water partition coefficient (Wildman–Crippen LogP) is 15.2. The molecule has 0 saturated heterocycles. The number of benzene rings is 6. The van der Waals surface area contributed by atoms with Crippen LogP contribution >= 0.6 is 76.3 Å². The van der Waals surface area contributed by atoms with Gasteiger partial charge in [0.05, 0.1) is 32.0 Å². The normalized spacial score (nSPS) is 9.74. The number of aromatic nitrogens is 6. The molecule has 9 rings (SSSR count). The molecule has 0 aliphatic heterocycles. The third-order valence-corrected chi connectivity index (χ3v) is 13.6. The molecule has 0 atom stereocenters. The Kier molecular flexibility index (Phi) is 29.8. The summed E-state index contributed by atoms with van der Waals surface area (Å²) in [6, 6.07) is 38.1. The van der Waals surface area contributed by atoms with Crippen molar-refractivity contribution in [2.24, 2.45) is 0 Å². The second-order valence-corrected chi connectivity index (χ2v) is 20.5. The quantitative estimate of drug-likeness (QED) is 0.0715. The number of hydrogen-bond donors (Lipinski definition) is 3. The minimum atomic E-state index is -0.829. The van der Waals surface area contributed by atoms with E-state index in [2.05, 4.69) is 202 Å². The van der Waals surface area contributed by atoms with E-state index >= 15 is 0 Å². The topological polar surface area (TPSA) is 111 Å². The molecule has 0 fully saturated rings. The van der Waals surface area contributed by atoms with E-state index in [1.807, 2.05) is 95.8 Å². The first kappa shape index (κ1) is 63.9. The Morgan fingerprint density at radius 2 is 0.910 bits per heavy atom. The van der Waals surface area contributed by atoms with Crippen molar-refractivity contribution in [2.45, 2.75) is 72.6 Å². The molecule has 3 aromatic heterocycles. The van der Waals surface area contributed by atoms with Crippen molar-refractivity contribution in [2.75, 3.05) is 6.26 Å². The second-order valence-electron chi connectivity index (χ2n) is 17.2. The Balaban J connectivity index is 0.000000265. The minimum absolute atomic E-state index is 0.0330. The van der Waals surface area contributed by atoms with E-state index in [0.717, 1.165) is 71.8 Å². The van der Waals surface area contributed by atoms with Crippen molar-refractivity contribution < 1.29 is 16.4 Å². The van der Waals surface area contributed by atoms with Crippen LogP contribution in [0.25, 0.3) is 0 Å². The minimum Gasteiger partial charge on any atom is -0.481 e.